The van der Waals surface area contributed by atoms with Gasteiger partial charge in [0.2, 0.25) is 0 Å². The van der Waals surface area contributed by atoms with Gasteiger partial charge in [-0.1, -0.05) is 84.9 Å². The molecule has 4 aromatic carbocycles. The van der Waals surface area contributed by atoms with Gasteiger partial charge < -0.3 is 0 Å². The molecule has 1 aliphatic heterocycles. The van der Waals surface area contributed by atoms with Crippen molar-refractivity contribution in [1.29, 1.82) is 21.0 Å². The molecule has 1 aliphatic rings. The summed E-state index contributed by atoms with van der Waals surface area (Å²) in [6, 6.07) is 42.8. The Bertz CT molecular complexity index is 2040. The lowest BCUT2D eigenvalue weighted by Gasteiger charge is -2.36. The largest absolute Gasteiger partial charge is 0.273 e. The Morgan fingerprint density at radius 1 is 0.348 bits per heavy atom. The minimum absolute atomic E-state index is 0.169. The zero-order chi connectivity index (χ0) is 31.6. The molecule has 0 N–H and O–H groups in total. The molecule has 0 spiro atoms. The zero-order valence-electron chi connectivity index (χ0n) is 23.9. The molecule has 0 amide bonds. The highest BCUT2D eigenvalue weighted by atomic mass is 15.4. The predicted octanol–water partition coefficient (Wildman–Crippen LogP) is 7.34. The Labute approximate surface area is 263 Å². The van der Waals surface area contributed by atoms with Crippen LogP contribution in [0.25, 0.3) is 22.3 Å². The third kappa shape index (κ3) is 4.58. The van der Waals surface area contributed by atoms with Gasteiger partial charge >= 0.3 is 0 Å². The molecule has 0 unspecified atom stereocenters. The Hall–Kier alpha value is -7.40. The Morgan fingerprint density at radius 3 is 0.870 bits per heavy atom. The SMILES string of the molecule is N#Cc1nc2c(nc1C#N)N(c1ccc(-c3ccccc3)cc1)c1nc(C#N)c(C#N)nc1N2c1ccc(-c2ccccc2)cc1. The summed E-state index contributed by atoms with van der Waals surface area (Å²) in [6.07, 6.45) is 0. The van der Waals surface area contributed by atoms with Crippen LogP contribution in [0.5, 0.6) is 0 Å². The molecule has 2 aromatic heterocycles. The van der Waals surface area contributed by atoms with Crippen LogP contribution in [0.1, 0.15) is 22.8 Å². The molecular weight excluding hydrogens is 572 g/mol. The second-order valence-corrected chi connectivity index (χ2v) is 10.1. The van der Waals surface area contributed by atoms with Gasteiger partial charge in [0.05, 0.1) is 0 Å². The summed E-state index contributed by atoms with van der Waals surface area (Å²) in [5.74, 6) is 0.798. The number of anilines is 6. The normalized spacial score (nSPS) is 11.3. The molecular formula is C36H18N10. The number of fused-ring (bicyclic) bond motifs is 2. The van der Waals surface area contributed by atoms with Gasteiger partial charge in [0.1, 0.15) is 24.3 Å². The van der Waals surface area contributed by atoms with Crippen LogP contribution in [0.4, 0.5) is 34.6 Å². The highest BCUT2D eigenvalue weighted by Gasteiger charge is 2.38. The van der Waals surface area contributed by atoms with Crippen molar-refractivity contribution in [3.8, 4) is 46.5 Å². The fourth-order valence-electron chi connectivity index (χ4n) is 5.30. The number of rotatable bonds is 4. The molecule has 0 atom stereocenters. The number of hydrogen-bond donors (Lipinski definition) is 0. The van der Waals surface area contributed by atoms with E-state index < -0.39 is 0 Å². The molecule has 0 aliphatic carbocycles. The summed E-state index contributed by atoms with van der Waals surface area (Å²) >= 11 is 0. The van der Waals surface area contributed by atoms with Gasteiger partial charge in [-0.05, 0) is 46.5 Å². The van der Waals surface area contributed by atoms with Crippen molar-refractivity contribution in [3.05, 3.63) is 132 Å². The summed E-state index contributed by atoms with van der Waals surface area (Å²) in [6.45, 7) is 0. The van der Waals surface area contributed by atoms with Crippen molar-refractivity contribution < 1.29 is 0 Å². The van der Waals surface area contributed by atoms with Gasteiger partial charge in [0, 0.05) is 11.4 Å². The van der Waals surface area contributed by atoms with Crippen LogP contribution in [0.2, 0.25) is 0 Å². The topological polar surface area (TPSA) is 153 Å². The molecule has 10 heteroatoms. The van der Waals surface area contributed by atoms with Gasteiger partial charge in [0.25, 0.3) is 0 Å². The minimum Gasteiger partial charge on any atom is -0.273 e. The van der Waals surface area contributed by atoms with Crippen LogP contribution in [0.3, 0.4) is 0 Å². The fourth-order valence-corrected chi connectivity index (χ4v) is 5.30. The first-order chi connectivity index (χ1) is 22.6. The van der Waals surface area contributed by atoms with E-state index in [0.29, 0.717) is 11.4 Å². The van der Waals surface area contributed by atoms with E-state index >= 15 is 0 Å². The first-order valence-corrected chi connectivity index (χ1v) is 14.0. The molecule has 0 fully saturated rings. The fraction of sp³-hybridized carbons (Fsp3) is 0. The van der Waals surface area contributed by atoms with E-state index in [9.17, 15) is 21.0 Å². The van der Waals surface area contributed by atoms with Crippen LogP contribution in [-0.2, 0) is 0 Å². The maximum Gasteiger partial charge on any atom is 0.184 e. The van der Waals surface area contributed by atoms with Crippen LogP contribution >= 0.6 is 0 Å². The summed E-state index contributed by atoms with van der Waals surface area (Å²) in [7, 11) is 0. The van der Waals surface area contributed by atoms with Gasteiger partial charge in [-0.2, -0.15) is 21.0 Å². The predicted molar refractivity (Wildman–Crippen MR) is 170 cm³/mol. The van der Waals surface area contributed by atoms with Gasteiger partial charge in [-0.25, -0.2) is 19.9 Å². The Morgan fingerprint density at radius 2 is 0.609 bits per heavy atom. The van der Waals surface area contributed by atoms with Crippen molar-refractivity contribution in [3.63, 3.8) is 0 Å². The monoisotopic (exact) mass is 590 g/mol. The molecule has 212 valence electrons. The van der Waals surface area contributed by atoms with Crippen molar-refractivity contribution in [2.45, 2.75) is 0 Å². The third-order valence-corrected chi connectivity index (χ3v) is 7.46. The van der Waals surface area contributed by atoms with Gasteiger partial charge in [-0.15, -0.1) is 0 Å². The van der Waals surface area contributed by atoms with E-state index in [1.165, 1.54) is 0 Å². The molecule has 46 heavy (non-hydrogen) atoms. The van der Waals surface area contributed by atoms with Crippen molar-refractivity contribution in [2.24, 2.45) is 0 Å². The lowest BCUT2D eigenvalue weighted by molar-refractivity contribution is 0.965. The number of benzene rings is 4. The van der Waals surface area contributed by atoms with Crippen LogP contribution in [0.15, 0.2) is 109 Å². The highest BCUT2D eigenvalue weighted by Crippen LogP contribution is 2.51. The molecule has 3 heterocycles. The van der Waals surface area contributed by atoms with E-state index in [-0.39, 0.29) is 46.0 Å². The second-order valence-electron chi connectivity index (χ2n) is 10.1. The molecule has 0 saturated carbocycles. The Kier molecular flexibility index (Phi) is 6.77. The molecule has 6 aromatic rings. The van der Waals surface area contributed by atoms with Crippen molar-refractivity contribution in [2.75, 3.05) is 9.80 Å². The van der Waals surface area contributed by atoms with E-state index in [1.807, 2.05) is 133 Å². The number of nitriles is 4. The maximum atomic E-state index is 9.90. The van der Waals surface area contributed by atoms with Crippen LogP contribution in [0, 0.1) is 45.3 Å². The minimum atomic E-state index is -0.169. The van der Waals surface area contributed by atoms with Crippen LogP contribution in [-0.4, -0.2) is 19.9 Å². The lowest BCUT2D eigenvalue weighted by atomic mass is 10.0. The van der Waals surface area contributed by atoms with Crippen LogP contribution < -0.4 is 9.80 Å². The maximum absolute atomic E-state index is 9.90. The van der Waals surface area contributed by atoms with E-state index in [0.717, 1.165) is 22.3 Å². The quantitative estimate of drug-likeness (QED) is 0.203. The van der Waals surface area contributed by atoms with E-state index in [4.69, 9.17) is 0 Å². The summed E-state index contributed by atoms with van der Waals surface area (Å²) in [5, 5.41) is 39.6. The van der Waals surface area contributed by atoms with Crippen molar-refractivity contribution in [1.82, 2.24) is 19.9 Å². The summed E-state index contributed by atoms with van der Waals surface area (Å²) in [5.41, 5.74) is 4.48. The smallest absolute Gasteiger partial charge is 0.184 e. The van der Waals surface area contributed by atoms with Gasteiger partial charge in [-0.3, -0.25) is 9.80 Å². The number of aromatic nitrogens is 4. The Balaban J connectivity index is 1.47. The number of nitrogens with zero attached hydrogens (tertiary/aromatic N) is 10. The zero-order valence-corrected chi connectivity index (χ0v) is 23.9. The summed E-state index contributed by atoms with van der Waals surface area (Å²) in [4.78, 5) is 21.7. The molecule has 0 bridgehead atoms. The first-order valence-electron chi connectivity index (χ1n) is 14.0. The van der Waals surface area contributed by atoms with E-state index in [1.54, 1.807) is 9.80 Å². The third-order valence-electron chi connectivity index (χ3n) is 7.46. The van der Waals surface area contributed by atoms with Gasteiger partial charge in [0.15, 0.2) is 46.0 Å². The number of hydrogen-bond acceptors (Lipinski definition) is 10. The molecule has 7 rings (SSSR count). The average molecular weight is 591 g/mol. The summed E-state index contributed by atoms with van der Waals surface area (Å²) < 4.78 is 0. The standard InChI is InChI=1S/C36H18N10/c37-19-29-31(21-39)43-35-33(41-29)45(27-15-11-25(12-16-27)23-7-3-1-4-8-23)34-36(44-32(22-40)30(20-38)42-34)46(35)28-17-13-26(14-18-28)24-9-5-2-6-10-24/h1-18H. The van der Waals surface area contributed by atoms with E-state index in [2.05, 4.69) is 19.9 Å². The second kappa shape index (κ2) is 11.4. The van der Waals surface area contributed by atoms with Crippen molar-refractivity contribution >= 4 is 34.6 Å². The first kappa shape index (κ1) is 27.4. The average Bonchev–Trinajstić information content (AvgIpc) is 3.13. The molecule has 10 nitrogen and oxygen atoms in total. The highest BCUT2D eigenvalue weighted by molar-refractivity contribution is 5.96. The molecule has 0 saturated heterocycles. The lowest BCUT2D eigenvalue weighted by Crippen LogP contribution is -2.29. The molecule has 0 radical (unpaired) electrons.